The first-order valence-electron chi connectivity index (χ1n) is 8.77. The smallest absolute Gasteiger partial charge is 0.183 e. The number of hydrogen-bond donors (Lipinski definition) is 1. The average molecular weight is 355 g/mol. The zero-order chi connectivity index (χ0) is 19.4. The lowest BCUT2D eigenvalue weighted by Gasteiger charge is -2.31. The average Bonchev–Trinajstić information content (AvgIpc) is 2.64. The van der Waals surface area contributed by atoms with Crippen LogP contribution in [0.5, 0.6) is 0 Å². The topological polar surface area (TPSA) is 89.2 Å². The highest BCUT2D eigenvalue weighted by Crippen LogP contribution is 2.26. The fourth-order valence-corrected chi connectivity index (χ4v) is 3.28. The second-order valence-corrected chi connectivity index (χ2v) is 6.77. The van der Waals surface area contributed by atoms with Crippen LogP contribution >= 0.6 is 0 Å². The van der Waals surface area contributed by atoms with Crippen LogP contribution in [0.4, 0.5) is 0 Å². The van der Waals surface area contributed by atoms with Gasteiger partial charge in [-0.05, 0) is 25.0 Å². The zero-order valence-electron chi connectivity index (χ0n) is 15.5. The van der Waals surface area contributed by atoms with Crippen molar-refractivity contribution in [3.63, 3.8) is 0 Å². The van der Waals surface area contributed by atoms with Gasteiger partial charge in [-0.1, -0.05) is 59.7 Å². The molecule has 0 aliphatic carbocycles. The third kappa shape index (κ3) is 4.06. The van der Waals surface area contributed by atoms with Gasteiger partial charge in [0.25, 0.3) is 0 Å². The molecule has 134 valence electrons. The Morgan fingerprint density at radius 3 is 2.11 bits per heavy atom. The van der Waals surface area contributed by atoms with E-state index < -0.39 is 6.04 Å². The van der Waals surface area contributed by atoms with Crippen molar-refractivity contribution in [2.75, 3.05) is 0 Å². The summed E-state index contributed by atoms with van der Waals surface area (Å²) < 4.78 is 0. The van der Waals surface area contributed by atoms with Crippen molar-refractivity contribution in [2.45, 2.75) is 32.7 Å². The monoisotopic (exact) mass is 355 g/mol. The van der Waals surface area contributed by atoms with Crippen LogP contribution in [-0.2, 0) is 12.8 Å². The van der Waals surface area contributed by atoms with Crippen LogP contribution in [0.2, 0.25) is 0 Å². The molecule has 2 aromatic carbocycles. The first-order chi connectivity index (χ1) is 13.0. The summed E-state index contributed by atoms with van der Waals surface area (Å²) in [6, 6.07) is 19.6. The third-order valence-electron chi connectivity index (χ3n) is 4.58. The van der Waals surface area contributed by atoms with E-state index in [2.05, 4.69) is 23.2 Å². The van der Waals surface area contributed by atoms with Crippen LogP contribution in [0.1, 0.15) is 22.3 Å². The quantitative estimate of drug-likeness (QED) is 0.852. The Balaban J connectivity index is 2.06. The molecule has 0 spiro atoms. The molecule has 0 bridgehead atoms. The molecule has 0 amide bonds. The number of hydrogen-bond acceptors (Lipinski definition) is 5. The zero-order valence-corrected chi connectivity index (χ0v) is 15.5. The van der Waals surface area contributed by atoms with Gasteiger partial charge in [-0.3, -0.25) is 5.01 Å². The number of benzene rings is 2. The van der Waals surface area contributed by atoms with Crippen molar-refractivity contribution in [3.05, 3.63) is 82.2 Å². The molecule has 3 rings (SSSR count). The van der Waals surface area contributed by atoms with E-state index >= 15 is 0 Å². The van der Waals surface area contributed by atoms with Crippen LogP contribution in [0.25, 0.3) is 0 Å². The largest absolute Gasteiger partial charge is 0.289 e. The molecule has 0 radical (unpaired) electrons. The van der Waals surface area contributed by atoms with Gasteiger partial charge in [-0.2, -0.15) is 10.5 Å². The Morgan fingerprint density at radius 1 is 1.00 bits per heavy atom. The van der Waals surface area contributed by atoms with Crippen LogP contribution in [-0.4, -0.2) is 16.8 Å². The Morgan fingerprint density at radius 2 is 1.59 bits per heavy atom. The van der Waals surface area contributed by atoms with E-state index in [0.29, 0.717) is 12.8 Å². The Hall–Kier alpha value is -3.41. The summed E-state index contributed by atoms with van der Waals surface area (Å²) in [4.78, 5) is 4.52. The minimum absolute atomic E-state index is 0.135. The first kappa shape index (κ1) is 18.4. The molecule has 1 aliphatic rings. The van der Waals surface area contributed by atoms with Crippen molar-refractivity contribution in [2.24, 2.45) is 10.8 Å². The Labute approximate surface area is 159 Å². The number of nitriles is 2. The van der Waals surface area contributed by atoms with E-state index in [0.717, 1.165) is 33.6 Å². The summed E-state index contributed by atoms with van der Waals surface area (Å²) in [5.74, 6) is 6.28. The van der Waals surface area contributed by atoms with E-state index in [4.69, 9.17) is 5.84 Å². The second kappa shape index (κ2) is 7.86. The second-order valence-electron chi connectivity index (χ2n) is 6.77. The predicted molar refractivity (Wildman–Crippen MR) is 105 cm³/mol. The number of aryl methyl sites for hydroxylation is 2. The molecular formula is C22H21N5. The molecule has 5 heteroatoms. The molecule has 2 aromatic rings. The number of nitrogens with zero attached hydrogens (tertiary/aromatic N) is 4. The minimum atomic E-state index is -0.865. The van der Waals surface area contributed by atoms with Crippen LogP contribution < -0.4 is 5.84 Å². The van der Waals surface area contributed by atoms with Gasteiger partial charge in [0.1, 0.15) is 6.07 Å². The lowest BCUT2D eigenvalue weighted by atomic mass is 9.98. The molecule has 2 N–H and O–H groups in total. The van der Waals surface area contributed by atoms with Gasteiger partial charge < -0.3 is 0 Å². The maximum Gasteiger partial charge on any atom is 0.183 e. The summed E-state index contributed by atoms with van der Waals surface area (Å²) in [7, 11) is 0. The van der Waals surface area contributed by atoms with Gasteiger partial charge in [0.15, 0.2) is 11.8 Å². The fourth-order valence-electron chi connectivity index (χ4n) is 3.28. The minimum Gasteiger partial charge on any atom is -0.289 e. The van der Waals surface area contributed by atoms with Crippen molar-refractivity contribution >= 4 is 5.71 Å². The van der Waals surface area contributed by atoms with Crippen molar-refractivity contribution in [1.82, 2.24) is 5.01 Å². The van der Waals surface area contributed by atoms with Gasteiger partial charge in [-0.25, -0.2) is 10.8 Å². The van der Waals surface area contributed by atoms with Crippen LogP contribution in [0.3, 0.4) is 0 Å². The van der Waals surface area contributed by atoms with Crippen LogP contribution in [0.15, 0.2) is 64.9 Å². The van der Waals surface area contributed by atoms with Gasteiger partial charge >= 0.3 is 0 Å². The molecule has 0 aromatic heterocycles. The number of allylic oxidation sites excluding steroid dienone is 2. The van der Waals surface area contributed by atoms with Crippen molar-refractivity contribution in [3.8, 4) is 12.1 Å². The summed E-state index contributed by atoms with van der Waals surface area (Å²) in [5, 5.41) is 20.3. The molecule has 1 unspecified atom stereocenters. The molecule has 0 saturated carbocycles. The van der Waals surface area contributed by atoms with Gasteiger partial charge in [-0.15, -0.1) is 0 Å². The summed E-state index contributed by atoms with van der Waals surface area (Å²) >= 11 is 0. The van der Waals surface area contributed by atoms with Crippen molar-refractivity contribution < 1.29 is 0 Å². The van der Waals surface area contributed by atoms with E-state index in [1.165, 1.54) is 5.01 Å². The van der Waals surface area contributed by atoms with E-state index in [1.807, 2.05) is 56.3 Å². The predicted octanol–water partition coefficient (Wildman–Crippen LogP) is 3.35. The van der Waals surface area contributed by atoms with E-state index in [1.54, 1.807) is 0 Å². The molecule has 0 fully saturated rings. The number of hydrazine groups is 1. The molecular weight excluding hydrogens is 334 g/mol. The van der Waals surface area contributed by atoms with Crippen LogP contribution in [0, 0.1) is 36.5 Å². The molecule has 5 nitrogen and oxygen atoms in total. The normalized spacial score (nSPS) is 16.6. The lowest BCUT2D eigenvalue weighted by molar-refractivity contribution is 0.342. The Bertz CT molecular complexity index is 1000. The Kier molecular flexibility index (Phi) is 5.35. The highest BCUT2D eigenvalue weighted by atomic mass is 15.4. The molecule has 1 atom stereocenters. The van der Waals surface area contributed by atoms with Crippen molar-refractivity contribution in [1.29, 1.82) is 10.5 Å². The molecule has 1 heterocycles. The highest BCUT2D eigenvalue weighted by Gasteiger charge is 2.30. The maximum absolute atomic E-state index is 9.48. The van der Waals surface area contributed by atoms with Gasteiger partial charge in [0.05, 0.1) is 17.5 Å². The van der Waals surface area contributed by atoms with E-state index in [9.17, 15) is 10.5 Å². The molecule has 1 aliphatic heterocycles. The summed E-state index contributed by atoms with van der Waals surface area (Å²) in [5.41, 5.74) is 6.14. The standard InChI is InChI=1S/C22H21N5/c1-15-5-3-7-17(9-15)11-19-21(12-18-8-4-6-16(2)10-18)27(25)22(14-24)20(13-23)26-19/h3-10,22H,11-12,25H2,1-2H3. The lowest BCUT2D eigenvalue weighted by Crippen LogP contribution is -2.47. The highest BCUT2D eigenvalue weighted by molar-refractivity contribution is 6.05. The number of nitrogens with two attached hydrogens (primary N) is 1. The molecule has 27 heavy (non-hydrogen) atoms. The summed E-state index contributed by atoms with van der Waals surface area (Å²) in [6.07, 6.45) is 1.11. The SMILES string of the molecule is Cc1cccc(CC2=C(Cc3cccc(C)c3)N(N)C(C#N)C(C#N)=N2)c1. The maximum atomic E-state index is 9.48. The summed E-state index contributed by atoms with van der Waals surface area (Å²) in [6.45, 7) is 4.08. The molecule has 0 saturated heterocycles. The fraction of sp³-hybridized carbons (Fsp3) is 0.227. The van der Waals surface area contributed by atoms with Gasteiger partial charge in [0.2, 0.25) is 0 Å². The number of rotatable bonds is 4. The first-order valence-corrected chi connectivity index (χ1v) is 8.77. The van der Waals surface area contributed by atoms with Gasteiger partial charge in [0, 0.05) is 12.8 Å². The third-order valence-corrected chi connectivity index (χ3v) is 4.58. The van der Waals surface area contributed by atoms with E-state index in [-0.39, 0.29) is 5.71 Å². The number of aliphatic imine (C=N–C) groups is 1.